The fourth-order valence-electron chi connectivity index (χ4n) is 2.16. The van der Waals surface area contributed by atoms with Crippen molar-refractivity contribution in [2.75, 3.05) is 17.2 Å². The van der Waals surface area contributed by atoms with E-state index in [1.54, 1.807) is 4.68 Å². The summed E-state index contributed by atoms with van der Waals surface area (Å²) in [6.45, 7) is 1.90. The molecule has 1 aliphatic heterocycles. The third kappa shape index (κ3) is 2.11. The third-order valence-electron chi connectivity index (χ3n) is 3.09. The van der Waals surface area contributed by atoms with Gasteiger partial charge < -0.3 is 10.6 Å². The lowest BCUT2D eigenvalue weighted by atomic mass is 10.1. The minimum atomic E-state index is 0.834. The van der Waals surface area contributed by atoms with Crippen molar-refractivity contribution in [1.82, 2.24) is 9.78 Å². The molecule has 4 heteroatoms. The predicted octanol–water partition coefficient (Wildman–Crippen LogP) is 2.00. The van der Waals surface area contributed by atoms with Crippen LogP contribution in [-0.4, -0.2) is 16.3 Å². The van der Waals surface area contributed by atoms with E-state index in [1.165, 1.54) is 16.8 Å². The van der Waals surface area contributed by atoms with Crippen LogP contribution >= 0.6 is 0 Å². The van der Waals surface area contributed by atoms with Crippen molar-refractivity contribution >= 4 is 11.4 Å². The van der Waals surface area contributed by atoms with Crippen LogP contribution in [0.4, 0.5) is 11.4 Å². The van der Waals surface area contributed by atoms with Crippen LogP contribution in [-0.2, 0) is 20.0 Å². The number of hydrogen-bond donors (Lipinski definition) is 2. The molecule has 88 valence electrons. The van der Waals surface area contributed by atoms with Gasteiger partial charge in [0.05, 0.1) is 11.9 Å². The molecule has 0 unspecified atom stereocenters. The lowest BCUT2D eigenvalue weighted by Gasteiger charge is -2.06. The zero-order valence-corrected chi connectivity index (χ0v) is 9.90. The molecule has 0 radical (unpaired) electrons. The monoisotopic (exact) mass is 228 g/mol. The molecule has 0 saturated carbocycles. The summed E-state index contributed by atoms with van der Waals surface area (Å²) in [5.74, 6) is 0. The standard InChI is InChI=1S/C13H16N4/c1-17-9-12(8-16-17)15-7-10-2-3-11-4-5-14-13(11)6-10/h2-3,6,8-9,14-15H,4-5,7H2,1H3. The van der Waals surface area contributed by atoms with E-state index in [4.69, 9.17) is 0 Å². The molecule has 0 spiro atoms. The van der Waals surface area contributed by atoms with Gasteiger partial charge in [0.15, 0.2) is 0 Å². The van der Waals surface area contributed by atoms with Gasteiger partial charge in [-0.3, -0.25) is 4.68 Å². The van der Waals surface area contributed by atoms with E-state index in [-0.39, 0.29) is 0 Å². The summed E-state index contributed by atoms with van der Waals surface area (Å²) in [6.07, 6.45) is 4.96. The number of rotatable bonds is 3. The lowest BCUT2D eigenvalue weighted by molar-refractivity contribution is 0.768. The van der Waals surface area contributed by atoms with Crippen LogP contribution in [0.15, 0.2) is 30.6 Å². The minimum Gasteiger partial charge on any atom is -0.384 e. The summed E-state index contributed by atoms with van der Waals surface area (Å²) in [5, 5.41) is 10.9. The Balaban J connectivity index is 1.69. The SMILES string of the molecule is Cn1cc(NCc2ccc3c(c2)NCC3)cn1. The Hall–Kier alpha value is -1.97. The van der Waals surface area contributed by atoms with E-state index in [0.717, 1.165) is 25.2 Å². The van der Waals surface area contributed by atoms with Crippen molar-refractivity contribution in [3.8, 4) is 0 Å². The van der Waals surface area contributed by atoms with Gasteiger partial charge in [-0.15, -0.1) is 0 Å². The van der Waals surface area contributed by atoms with Gasteiger partial charge in [0.25, 0.3) is 0 Å². The molecule has 1 aromatic heterocycles. The second-order valence-corrected chi connectivity index (χ2v) is 4.42. The average Bonchev–Trinajstić information content (AvgIpc) is 2.94. The van der Waals surface area contributed by atoms with Gasteiger partial charge in [0.1, 0.15) is 0 Å². The van der Waals surface area contributed by atoms with E-state index in [9.17, 15) is 0 Å². The highest BCUT2D eigenvalue weighted by Crippen LogP contribution is 2.23. The number of nitrogens with one attached hydrogen (secondary N) is 2. The molecule has 0 atom stereocenters. The first-order chi connectivity index (χ1) is 8.31. The van der Waals surface area contributed by atoms with Gasteiger partial charge in [0, 0.05) is 32.0 Å². The largest absolute Gasteiger partial charge is 0.384 e. The molecule has 0 aliphatic carbocycles. The highest BCUT2D eigenvalue weighted by molar-refractivity contribution is 5.57. The molecule has 0 bridgehead atoms. The maximum atomic E-state index is 4.13. The van der Waals surface area contributed by atoms with Crippen molar-refractivity contribution in [2.45, 2.75) is 13.0 Å². The summed E-state index contributed by atoms with van der Waals surface area (Å²) < 4.78 is 1.80. The van der Waals surface area contributed by atoms with Crippen molar-refractivity contribution < 1.29 is 0 Å². The fourth-order valence-corrected chi connectivity index (χ4v) is 2.16. The van der Waals surface area contributed by atoms with Gasteiger partial charge in [-0.1, -0.05) is 12.1 Å². The minimum absolute atomic E-state index is 0.834. The maximum absolute atomic E-state index is 4.13. The number of hydrogen-bond acceptors (Lipinski definition) is 3. The van der Waals surface area contributed by atoms with Gasteiger partial charge in [-0.05, 0) is 23.6 Å². The smallest absolute Gasteiger partial charge is 0.0729 e. The van der Waals surface area contributed by atoms with Crippen LogP contribution in [0.1, 0.15) is 11.1 Å². The Morgan fingerprint density at radius 3 is 3.24 bits per heavy atom. The highest BCUT2D eigenvalue weighted by Gasteiger charge is 2.09. The number of nitrogens with zero attached hydrogens (tertiary/aromatic N) is 2. The summed E-state index contributed by atoms with van der Waals surface area (Å²) in [7, 11) is 1.92. The quantitative estimate of drug-likeness (QED) is 0.844. The lowest BCUT2D eigenvalue weighted by Crippen LogP contribution is -1.99. The second-order valence-electron chi connectivity index (χ2n) is 4.42. The molecule has 1 aliphatic rings. The van der Waals surface area contributed by atoms with Crippen molar-refractivity contribution in [2.24, 2.45) is 7.05 Å². The Bertz CT molecular complexity index is 530. The Kier molecular flexibility index (Phi) is 2.48. The van der Waals surface area contributed by atoms with E-state index >= 15 is 0 Å². The summed E-state index contributed by atoms with van der Waals surface area (Å²) in [5.41, 5.74) is 5.06. The van der Waals surface area contributed by atoms with Gasteiger partial charge in [0.2, 0.25) is 0 Å². The van der Waals surface area contributed by atoms with Gasteiger partial charge in [-0.2, -0.15) is 5.10 Å². The third-order valence-corrected chi connectivity index (χ3v) is 3.09. The first-order valence-corrected chi connectivity index (χ1v) is 5.89. The average molecular weight is 228 g/mol. The molecule has 3 rings (SSSR count). The molecule has 2 N–H and O–H groups in total. The summed E-state index contributed by atoms with van der Waals surface area (Å²) in [4.78, 5) is 0. The zero-order valence-electron chi connectivity index (χ0n) is 9.90. The molecule has 0 saturated heterocycles. The molecule has 0 fully saturated rings. The molecular formula is C13H16N4. The molecule has 2 aromatic rings. The first-order valence-electron chi connectivity index (χ1n) is 5.89. The van der Waals surface area contributed by atoms with Crippen LogP contribution < -0.4 is 10.6 Å². The molecule has 17 heavy (non-hydrogen) atoms. The number of aryl methyl sites for hydroxylation is 1. The van der Waals surface area contributed by atoms with Crippen LogP contribution in [0.2, 0.25) is 0 Å². The summed E-state index contributed by atoms with van der Waals surface area (Å²) in [6, 6.07) is 6.64. The topological polar surface area (TPSA) is 41.9 Å². The fraction of sp³-hybridized carbons (Fsp3) is 0.308. The second kappa shape index (κ2) is 4.13. The van der Waals surface area contributed by atoms with E-state index in [0.29, 0.717) is 0 Å². The van der Waals surface area contributed by atoms with Crippen LogP contribution in [0.5, 0.6) is 0 Å². The highest BCUT2D eigenvalue weighted by atomic mass is 15.3. The van der Waals surface area contributed by atoms with E-state index in [2.05, 4.69) is 33.9 Å². The van der Waals surface area contributed by atoms with Gasteiger partial charge >= 0.3 is 0 Å². The van der Waals surface area contributed by atoms with E-state index < -0.39 is 0 Å². The molecule has 2 heterocycles. The predicted molar refractivity (Wildman–Crippen MR) is 69.2 cm³/mol. The van der Waals surface area contributed by atoms with Crippen molar-refractivity contribution in [3.05, 3.63) is 41.7 Å². The van der Waals surface area contributed by atoms with E-state index in [1.807, 2.05) is 19.4 Å². The summed E-state index contributed by atoms with van der Waals surface area (Å²) >= 11 is 0. The number of aromatic nitrogens is 2. The Labute approximate surface area is 101 Å². The molecule has 0 amide bonds. The number of fused-ring (bicyclic) bond motifs is 1. The molecule has 4 nitrogen and oxygen atoms in total. The van der Waals surface area contributed by atoms with Crippen molar-refractivity contribution in [3.63, 3.8) is 0 Å². The maximum Gasteiger partial charge on any atom is 0.0729 e. The van der Waals surface area contributed by atoms with Crippen LogP contribution in [0, 0.1) is 0 Å². The number of anilines is 2. The Morgan fingerprint density at radius 2 is 2.41 bits per heavy atom. The Morgan fingerprint density at radius 1 is 1.47 bits per heavy atom. The number of benzene rings is 1. The first kappa shape index (κ1) is 10.2. The van der Waals surface area contributed by atoms with Crippen LogP contribution in [0.25, 0.3) is 0 Å². The normalized spacial score (nSPS) is 13.2. The molecule has 1 aromatic carbocycles. The van der Waals surface area contributed by atoms with Crippen molar-refractivity contribution in [1.29, 1.82) is 0 Å². The molecular weight excluding hydrogens is 212 g/mol. The zero-order chi connectivity index (χ0) is 11.7. The van der Waals surface area contributed by atoms with Gasteiger partial charge in [-0.25, -0.2) is 0 Å². The van der Waals surface area contributed by atoms with Crippen LogP contribution in [0.3, 0.4) is 0 Å².